The first-order valence-electron chi connectivity index (χ1n) is 7.50. The number of hydrogen-bond acceptors (Lipinski definition) is 4. The first-order valence-corrected chi connectivity index (χ1v) is 7.87. The van der Waals surface area contributed by atoms with Crippen LogP contribution in [0.3, 0.4) is 0 Å². The van der Waals surface area contributed by atoms with E-state index in [1.807, 2.05) is 19.1 Å². The van der Waals surface area contributed by atoms with E-state index in [1.165, 1.54) is 6.21 Å². The van der Waals surface area contributed by atoms with Gasteiger partial charge in [0.15, 0.2) is 0 Å². The molecule has 0 unspecified atom stereocenters. The molecular weight excluding hydrogens is 342 g/mol. The molecule has 0 aliphatic carbocycles. The van der Waals surface area contributed by atoms with E-state index in [9.17, 15) is 9.59 Å². The van der Waals surface area contributed by atoms with E-state index in [-0.39, 0.29) is 6.42 Å². The van der Waals surface area contributed by atoms with Gasteiger partial charge < -0.3 is 10.1 Å². The highest BCUT2D eigenvalue weighted by Gasteiger charge is 2.09. The fourth-order valence-corrected chi connectivity index (χ4v) is 2.14. The summed E-state index contributed by atoms with van der Waals surface area (Å²) in [6, 6.07) is 12.3. The van der Waals surface area contributed by atoms with Crippen molar-refractivity contribution < 1.29 is 14.3 Å². The van der Waals surface area contributed by atoms with E-state index >= 15 is 0 Å². The number of benzene rings is 2. The molecule has 0 saturated carbocycles. The van der Waals surface area contributed by atoms with Gasteiger partial charge in [0.1, 0.15) is 12.2 Å². The summed E-state index contributed by atoms with van der Waals surface area (Å²) in [4.78, 5) is 23.6. The molecule has 0 radical (unpaired) electrons. The number of amides is 2. The molecule has 2 aromatic rings. The number of nitrogens with one attached hydrogen (secondary N) is 2. The Labute approximate surface area is 150 Å². The third-order valence-corrected chi connectivity index (χ3v) is 3.68. The molecule has 2 N–H and O–H groups in total. The number of hydrogen-bond donors (Lipinski definition) is 2. The second kappa shape index (κ2) is 8.84. The van der Waals surface area contributed by atoms with Crippen molar-refractivity contribution in [1.29, 1.82) is 0 Å². The van der Waals surface area contributed by atoms with Gasteiger partial charge in [-0.2, -0.15) is 5.10 Å². The monoisotopic (exact) mass is 359 g/mol. The largest absolute Gasteiger partial charge is 0.497 e. The molecular formula is C18H18ClN3O3. The molecule has 0 aliphatic heterocycles. The van der Waals surface area contributed by atoms with E-state index in [1.54, 1.807) is 37.4 Å². The number of aryl methyl sites for hydroxylation is 1. The van der Waals surface area contributed by atoms with Gasteiger partial charge in [-0.25, -0.2) is 5.43 Å². The normalized spacial score (nSPS) is 10.5. The van der Waals surface area contributed by atoms with Gasteiger partial charge >= 0.3 is 0 Å². The first-order chi connectivity index (χ1) is 12.0. The van der Waals surface area contributed by atoms with Gasteiger partial charge in [-0.05, 0) is 42.3 Å². The van der Waals surface area contributed by atoms with Gasteiger partial charge in [0, 0.05) is 10.7 Å². The van der Waals surface area contributed by atoms with Crippen molar-refractivity contribution in [1.82, 2.24) is 5.43 Å². The Morgan fingerprint density at radius 3 is 2.72 bits per heavy atom. The Morgan fingerprint density at radius 2 is 2.00 bits per heavy atom. The molecule has 6 nitrogen and oxygen atoms in total. The molecule has 0 aliphatic rings. The van der Waals surface area contributed by atoms with Crippen LogP contribution in [-0.2, 0) is 9.59 Å². The van der Waals surface area contributed by atoms with Crippen LogP contribution in [0.5, 0.6) is 5.75 Å². The molecule has 130 valence electrons. The smallest absolute Gasteiger partial charge is 0.249 e. The Bertz CT molecular complexity index is 806. The lowest BCUT2D eigenvalue weighted by Gasteiger charge is -2.06. The number of rotatable bonds is 6. The second-order valence-corrected chi connectivity index (χ2v) is 5.67. The molecule has 25 heavy (non-hydrogen) atoms. The zero-order valence-corrected chi connectivity index (χ0v) is 14.6. The molecule has 2 rings (SSSR count). The Morgan fingerprint density at radius 1 is 1.20 bits per heavy atom. The van der Waals surface area contributed by atoms with Crippen LogP contribution in [0.25, 0.3) is 0 Å². The number of hydrazone groups is 1. The van der Waals surface area contributed by atoms with Crippen LogP contribution in [0.1, 0.15) is 17.5 Å². The summed E-state index contributed by atoms with van der Waals surface area (Å²) in [5, 5.41) is 6.98. The minimum atomic E-state index is -0.519. The maximum absolute atomic E-state index is 11.9. The molecule has 0 fully saturated rings. The molecule has 0 heterocycles. The lowest BCUT2D eigenvalue weighted by Crippen LogP contribution is -2.24. The topological polar surface area (TPSA) is 79.8 Å². The minimum Gasteiger partial charge on any atom is -0.497 e. The predicted molar refractivity (Wildman–Crippen MR) is 98.2 cm³/mol. The summed E-state index contributed by atoms with van der Waals surface area (Å²) in [7, 11) is 1.57. The number of halogens is 1. The van der Waals surface area contributed by atoms with E-state index in [2.05, 4.69) is 15.8 Å². The standard InChI is InChI=1S/C18H18ClN3O3/c1-12-6-7-14(9-16(12)19)21-17(23)10-18(24)22-20-11-13-4-3-5-15(8-13)25-2/h3-9,11H,10H2,1-2H3,(H,21,23)(H,22,24). The number of carbonyl (C=O) groups excluding carboxylic acids is 2. The summed E-state index contributed by atoms with van der Waals surface area (Å²) in [5.74, 6) is -0.282. The Kier molecular flexibility index (Phi) is 6.54. The van der Waals surface area contributed by atoms with Crippen LogP contribution in [0.15, 0.2) is 47.6 Å². The SMILES string of the molecule is COc1cccc(C=NNC(=O)CC(=O)Nc2ccc(C)c(Cl)c2)c1. The van der Waals surface area contributed by atoms with Crippen molar-refractivity contribution in [2.45, 2.75) is 13.3 Å². The van der Waals surface area contributed by atoms with E-state index in [0.717, 1.165) is 11.1 Å². The highest BCUT2D eigenvalue weighted by molar-refractivity contribution is 6.31. The van der Waals surface area contributed by atoms with Crippen LogP contribution in [0.2, 0.25) is 5.02 Å². The molecule has 0 bridgehead atoms. The minimum absolute atomic E-state index is 0.346. The lowest BCUT2D eigenvalue weighted by atomic mass is 10.2. The number of ether oxygens (including phenoxy) is 1. The summed E-state index contributed by atoms with van der Waals surface area (Å²) >= 11 is 5.99. The van der Waals surface area contributed by atoms with Crippen LogP contribution >= 0.6 is 11.6 Å². The molecule has 2 aromatic carbocycles. The number of nitrogens with zero attached hydrogens (tertiary/aromatic N) is 1. The zero-order valence-electron chi connectivity index (χ0n) is 13.9. The Hall–Kier alpha value is -2.86. The summed E-state index contributed by atoms with van der Waals surface area (Å²) in [6.45, 7) is 1.86. The van der Waals surface area contributed by atoms with Gasteiger partial charge in [-0.15, -0.1) is 0 Å². The highest BCUT2D eigenvalue weighted by Crippen LogP contribution is 2.20. The third kappa shape index (κ3) is 5.93. The summed E-state index contributed by atoms with van der Waals surface area (Å²) in [5.41, 5.74) is 4.51. The average Bonchev–Trinajstić information content (AvgIpc) is 2.58. The maximum Gasteiger partial charge on any atom is 0.249 e. The highest BCUT2D eigenvalue weighted by atomic mass is 35.5. The molecule has 0 saturated heterocycles. The van der Waals surface area contributed by atoms with E-state index in [0.29, 0.717) is 16.5 Å². The fraction of sp³-hybridized carbons (Fsp3) is 0.167. The third-order valence-electron chi connectivity index (χ3n) is 3.27. The van der Waals surface area contributed by atoms with Crippen LogP contribution < -0.4 is 15.5 Å². The van der Waals surface area contributed by atoms with Gasteiger partial charge in [-0.1, -0.05) is 29.8 Å². The van der Waals surface area contributed by atoms with Gasteiger partial charge in [-0.3, -0.25) is 9.59 Å². The zero-order chi connectivity index (χ0) is 18.2. The molecule has 0 aromatic heterocycles. The fourth-order valence-electron chi connectivity index (χ4n) is 1.96. The van der Waals surface area contributed by atoms with Crippen LogP contribution in [-0.4, -0.2) is 25.1 Å². The van der Waals surface area contributed by atoms with E-state index in [4.69, 9.17) is 16.3 Å². The van der Waals surface area contributed by atoms with Gasteiger partial charge in [0.05, 0.1) is 13.3 Å². The first kappa shape index (κ1) is 18.5. The molecule has 0 spiro atoms. The lowest BCUT2D eigenvalue weighted by molar-refractivity contribution is -0.126. The van der Waals surface area contributed by atoms with E-state index < -0.39 is 11.8 Å². The number of carbonyl (C=O) groups is 2. The second-order valence-electron chi connectivity index (χ2n) is 5.26. The van der Waals surface area contributed by atoms with Crippen molar-refractivity contribution in [3.63, 3.8) is 0 Å². The van der Waals surface area contributed by atoms with Gasteiger partial charge in [0.25, 0.3) is 0 Å². The van der Waals surface area contributed by atoms with Gasteiger partial charge in [0.2, 0.25) is 11.8 Å². The van der Waals surface area contributed by atoms with Crippen LogP contribution in [0.4, 0.5) is 5.69 Å². The van der Waals surface area contributed by atoms with Crippen molar-refractivity contribution in [3.05, 3.63) is 58.6 Å². The van der Waals surface area contributed by atoms with Crippen molar-refractivity contribution in [2.75, 3.05) is 12.4 Å². The summed E-state index contributed by atoms with van der Waals surface area (Å²) in [6.07, 6.45) is 1.12. The maximum atomic E-state index is 11.9. The predicted octanol–water partition coefficient (Wildman–Crippen LogP) is 3.14. The average molecular weight is 360 g/mol. The van der Waals surface area contributed by atoms with Crippen LogP contribution in [0, 0.1) is 6.92 Å². The number of methoxy groups -OCH3 is 1. The molecule has 2 amide bonds. The van der Waals surface area contributed by atoms with Crippen molar-refractivity contribution in [3.8, 4) is 5.75 Å². The molecule has 0 atom stereocenters. The summed E-state index contributed by atoms with van der Waals surface area (Å²) < 4.78 is 5.10. The Balaban J connectivity index is 1.83. The number of anilines is 1. The van der Waals surface area contributed by atoms with Crippen molar-refractivity contribution >= 4 is 35.3 Å². The quantitative estimate of drug-likeness (QED) is 0.472. The van der Waals surface area contributed by atoms with Crippen molar-refractivity contribution in [2.24, 2.45) is 5.10 Å². The molecule has 7 heteroatoms.